The van der Waals surface area contributed by atoms with E-state index in [1.54, 1.807) is 23.1 Å². The Morgan fingerprint density at radius 2 is 2.10 bits per heavy atom. The zero-order chi connectivity index (χ0) is 15.0. The molecule has 1 N–H and O–H groups in total. The van der Waals surface area contributed by atoms with Crippen LogP contribution in [-0.4, -0.2) is 33.2 Å². The SMILES string of the molecule is COc1ccc(NS(=O)(=O)C2CC2)cc1N1CCCC1=O. The molecule has 114 valence electrons. The monoisotopic (exact) mass is 310 g/mol. The van der Waals surface area contributed by atoms with Gasteiger partial charge in [0.1, 0.15) is 5.75 Å². The standard InChI is InChI=1S/C14H18N2O4S/c1-20-13-7-4-10(15-21(18,19)11-5-6-11)9-12(13)16-8-2-3-14(16)17/h4,7,9,11,15H,2-3,5-6,8H2,1H3. The summed E-state index contributed by atoms with van der Waals surface area (Å²) in [7, 11) is -1.77. The molecule has 0 atom stereocenters. The third-order valence-electron chi connectivity index (χ3n) is 3.77. The first-order valence-electron chi connectivity index (χ1n) is 7.01. The predicted octanol–water partition coefficient (Wildman–Crippen LogP) is 1.73. The van der Waals surface area contributed by atoms with Gasteiger partial charge in [-0.05, 0) is 37.5 Å². The maximum absolute atomic E-state index is 12.0. The molecule has 6 nitrogen and oxygen atoms in total. The minimum absolute atomic E-state index is 0.0375. The number of carbonyl (C=O) groups is 1. The zero-order valence-corrected chi connectivity index (χ0v) is 12.6. The normalized spacial score (nSPS) is 18.9. The molecule has 21 heavy (non-hydrogen) atoms. The van der Waals surface area contributed by atoms with Gasteiger partial charge in [-0.25, -0.2) is 8.42 Å². The molecule has 1 heterocycles. The maximum atomic E-state index is 12.0. The van der Waals surface area contributed by atoms with E-state index in [0.29, 0.717) is 42.9 Å². The Morgan fingerprint density at radius 1 is 1.33 bits per heavy atom. The zero-order valence-electron chi connectivity index (χ0n) is 11.8. The van der Waals surface area contributed by atoms with Crippen molar-refractivity contribution < 1.29 is 17.9 Å². The van der Waals surface area contributed by atoms with Crippen LogP contribution in [0.1, 0.15) is 25.7 Å². The minimum atomic E-state index is -3.31. The Labute approximate surface area is 124 Å². The Balaban J connectivity index is 1.91. The largest absolute Gasteiger partial charge is 0.495 e. The van der Waals surface area contributed by atoms with Crippen molar-refractivity contribution in [1.82, 2.24) is 0 Å². The summed E-state index contributed by atoms with van der Waals surface area (Å²) in [6, 6.07) is 5.01. The van der Waals surface area contributed by atoms with E-state index in [-0.39, 0.29) is 11.2 Å². The first kappa shape index (κ1) is 14.2. The number of nitrogens with one attached hydrogen (secondary N) is 1. The first-order chi connectivity index (χ1) is 10.0. The smallest absolute Gasteiger partial charge is 0.235 e. The van der Waals surface area contributed by atoms with Crippen LogP contribution in [0.25, 0.3) is 0 Å². The first-order valence-corrected chi connectivity index (χ1v) is 8.56. The van der Waals surface area contributed by atoms with Crippen LogP contribution in [0.3, 0.4) is 0 Å². The molecule has 3 rings (SSSR count). The predicted molar refractivity (Wildman–Crippen MR) is 80.1 cm³/mol. The molecular weight excluding hydrogens is 292 g/mol. The second kappa shape index (κ2) is 5.22. The average Bonchev–Trinajstić information content (AvgIpc) is 3.22. The van der Waals surface area contributed by atoms with Gasteiger partial charge in [0.2, 0.25) is 15.9 Å². The van der Waals surface area contributed by atoms with E-state index in [2.05, 4.69) is 4.72 Å². The lowest BCUT2D eigenvalue weighted by Gasteiger charge is -2.20. The van der Waals surface area contributed by atoms with Crippen LogP contribution in [0.4, 0.5) is 11.4 Å². The van der Waals surface area contributed by atoms with Crippen molar-refractivity contribution in [1.29, 1.82) is 0 Å². The molecule has 1 saturated heterocycles. The van der Waals surface area contributed by atoms with Crippen LogP contribution in [0, 0.1) is 0 Å². The summed E-state index contributed by atoms with van der Waals surface area (Å²) in [6.07, 6.45) is 2.74. The molecule has 1 saturated carbocycles. The van der Waals surface area contributed by atoms with E-state index in [1.165, 1.54) is 7.11 Å². The van der Waals surface area contributed by atoms with Crippen molar-refractivity contribution >= 4 is 27.3 Å². The number of rotatable bonds is 5. The van der Waals surface area contributed by atoms with Crippen molar-refractivity contribution in [2.75, 3.05) is 23.3 Å². The number of hydrogen-bond acceptors (Lipinski definition) is 4. The maximum Gasteiger partial charge on any atom is 0.235 e. The van der Waals surface area contributed by atoms with E-state index in [9.17, 15) is 13.2 Å². The Kier molecular flexibility index (Phi) is 3.52. The molecule has 0 aromatic heterocycles. The molecule has 0 radical (unpaired) electrons. The highest BCUT2D eigenvalue weighted by Gasteiger charge is 2.36. The summed E-state index contributed by atoms with van der Waals surface area (Å²) in [5, 5.41) is -0.281. The van der Waals surface area contributed by atoms with Gasteiger partial charge in [0.05, 0.1) is 23.7 Å². The van der Waals surface area contributed by atoms with Crippen LogP contribution < -0.4 is 14.4 Å². The van der Waals surface area contributed by atoms with Crippen LogP contribution in [0.15, 0.2) is 18.2 Å². The minimum Gasteiger partial charge on any atom is -0.495 e. The summed E-state index contributed by atoms with van der Waals surface area (Å²) in [6.45, 7) is 0.633. The highest BCUT2D eigenvalue weighted by atomic mass is 32.2. The summed E-state index contributed by atoms with van der Waals surface area (Å²) >= 11 is 0. The van der Waals surface area contributed by atoms with Crippen LogP contribution in [0.2, 0.25) is 0 Å². The lowest BCUT2D eigenvalue weighted by molar-refractivity contribution is -0.117. The number of anilines is 2. The van der Waals surface area contributed by atoms with E-state index < -0.39 is 10.0 Å². The number of sulfonamides is 1. The lowest BCUT2D eigenvalue weighted by Crippen LogP contribution is -2.24. The number of methoxy groups -OCH3 is 1. The molecule has 1 amide bonds. The fraction of sp³-hybridized carbons (Fsp3) is 0.500. The van der Waals surface area contributed by atoms with Gasteiger partial charge in [0, 0.05) is 13.0 Å². The van der Waals surface area contributed by atoms with Gasteiger partial charge in [0.25, 0.3) is 0 Å². The van der Waals surface area contributed by atoms with Gasteiger partial charge in [-0.1, -0.05) is 0 Å². The van der Waals surface area contributed by atoms with Crippen molar-refractivity contribution in [3.8, 4) is 5.75 Å². The second-order valence-corrected chi connectivity index (χ2v) is 7.34. The lowest BCUT2D eigenvalue weighted by atomic mass is 10.2. The van der Waals surface area contributed by atoms with Crippen LogP contribution in [0.5, 0.6) is 5.75 Å². The van der Waals surface area contributed by atoms with Crippen LogP contribution in [-0.2, 0) is 14.8 Å². The number of benzene rings is 1. The number of carbonyl (C=O) groups excluding carboxylic acids is 1. The number of hydrogen-bond donors (Lipinski definition) is 1. The molecule has 0 unspecified atom stereocenters. The van der Waals surface area contributed by atoms with Gasteiger partial charge < -0.3 is 9.64 Å². The fourth-order valence-electron chi connectivity index (χ4n) is 2.49. The topological polar surface area (TPSA) is 75.7 Å². The summed E-state index contributed by atoms with van der Waals surface area (Å²) < 4.78 is 31.9. The second-order valence-electron chi connectivity index (χ2n) is 5.38. The summed E-state index contributed by atoms with van der Waals surface area (Å²) in [5.74, 6) is 0.607. The van der Waals surface area contributed by atoms with Gasteiger partial charge in [-0.3, -0.25) is 9.52 Å². The third-order valence-corrected chi connectivity index (χ3v) is 5.64. The number of ether oxygens (including phenoxy) is 1. The Morgan fingerprint density at radius 3 is 2.67 bits per heavy atom. The highest BCUT2D eigenvalue weighted by molar-refractivity contribution is 7.93. The molecule has 1 aliphatic carbocycles. The average molecular weight is 310 g/mol. The van der Waals surface area contributed by atoms with Gasteiger partial charge in [0.15, 0.2) is 0 Å². The third kappa shape index (κ3) is 2.83. The van der Waals surface area contributed by atoms with Gasteiger partial charge in [-0.15, -0.1) is 0 Å². The molecular formula is C14H18N2O4S. The summed E-state index contributed by atoms with van der Waals surface area (Å²) in [5.41, 5.74) is 1.09. The van der Waals surface area contributed by atoms with E-state index in [1.807, 2.05) is 0 Å². The quantitative estimate of drug-likeness (QED) is 0.898. The fourth-order valence-corrected chi connectivity index (χ4v) is 3.87. The van der Waals surface area contributed by atoms with E-state index >= 15 is 0 Å². The van der Waals surface area contributed by atoms with Crippen molar-refractivity contribution in [3.63, 3.8) is 0 Å². The Bertz CT molecular complexity index is 668. The van der Waals surface area contributed by atoms with Gasteiger partial charge in [-0.2, -0.15) is 0 Å². The van der Waals surface area contributed by atoms with E-state index in [0.717, 1.165) is 6.42 Å². The molecule has 2 aliphatic rings. The summed E-state index contributed by atoms with van der Waals surface area (Å²) in [4.78, 5) is 13.5. The molecule has 7 heteroatoms. The Hall–Kier alpha value is -1.76. The molecule has 1 aliphatic heterocycles. The van der Waals surface area contributed by atoms with Gasteiger partial charge >= 0.3 is 0 Å². The molecule has 0 spiro atoms. The highest BCUT2D eigenvalue weighted by Crippen LogP contribution is 2.35. The van der Waals surface area contributed by atoms with E-state index in [4.69, 9.17) is 4.74 Å². The van der Waals surface area contributed by atoms with Crippen molar-refractivity contribution in [3.05, 3.63) is 18.2 Å². The molecule has 2 fully saturated rings. The van der Waals surface area contributed by atoms with Crippen molar-refractivity contribution in [2.45, 2.75) is 30.9 Å². The van der Waals surface area contributed by atoms with Crippen LogP contribution >= 0.6 is 0 Å². The molecule has 0 bridgehead atoms. The molecule has 1 aromatic rings. The van der Waals surface area contributed by atoms with Crippen molar-refractivity contribution in [2.24, 2.45) is 0 Å². The molecule has 1 aromatic carbocycles. The number of amides is 1. The number of nitrogens with zero attached hydrogens (tertiary/aromatic N) is 1.